The molecule has 0 aliphatic rings. The number of likely N-dealkylation sites (N-methyl/N-ethyl adjacent to an activating group) is 1. The van der Waals surface area contributed by atoms with E-state index in [9.17, 15) is 4.79 Å². The van der Waals surface area contributed by atoms with Gasteiger partial charge in [0.25, 0.3) is 0 Å². The lowest BCUT2D eigenvalue weighted by Gasteiger charge is -2.10. The van der Waals surface area contributed by atoms with Crippen molar-refractivity contribution in [2.45, 2.75) is 12.5 Å². The van der Waals surface area contributed by atoms with Crippen LogP contribution in [0.2, 0.25) is 0 Å². The third-order valence-corrected chi connectivity index (χ3v) is 2.13. The lowest BCUT2D eigenvalue weighted by Crippen LogP contribution is -2.34. The van der Waals surface area contributed by atoms with Gasteiger partial charge < -0.3 is 9.50 Å². The molecule has 3 nitrogen and oxygen atoms in total. The highest BCUT2D eigenvalue weighted by Gasteiger charge is 2.16. The molecule has 0 saturated carbocycles. The molecule has 0 aromatic heterocycles. The average Bonchev–Trinajstić information content (AvgIpc) is 2.05. The van der Waals surface area contributed by atoms with Crippen molar-refractivity contribution in [3.63, 3.8) is 0 Å². The maximum absolute atomic E-state index is 10.9. The maximum Gasteiger partial charge on any atom is 0.336 e. The van der Waals surface area contributed by atoms with Crippen molar-refractivity contribution in [1.82, 2.24) is 5.32 Å². The van der Waals surface area contributed by atoms with Crippen molar-refractivity contribution in [3.8, 4) is 0 Å². The van der Waals surface area contributed by atoms with Gasteiger partial charge in [0.15, 0.2) is 12.9 Å². The summed E-state index contributed by atoms with van der Waals surface area (Å²) in [5, 5.41) is 2.83. The van der Waals surface area contributed by atoms with Gasteiger partial charge in [-0.15, -0.1) is 0 Å². The number of nitrogens with one attached hydrogen (secondary N) is 1. The number of thioether (sulfide) groups is 1. The summed E-state index contributed by atoms with van der Waals surface area (Å²) >= 11 is 5.86. The normalized spacial score (nSPS) is 12.6. The van der Waals surface area contributed by atoms with Gasteiger partial charge in [-0.3, -0.25) is 0 Å². The van der Waals surface area contributed by atoms with Crippen LogP contribution in [0.25, 0.3) is 0 Å². The van der Waals surface area contributed by atoms with Gasteiger partial charge in [-0.05, 0) is 25.5 Å². The summed E-state index contributed by atoms with van der Waals surface area (Å²) in [6, 6.07) is -0.250. The quantitative estimate of drug-likeness (QED) is 0.708. The Kier molecular flexibility index (Phi) is 6.90. The highest BCUT2D eigenvalue weighted by Crippen LogP contribution is 2.02. The molecule has 65 valence electrons. The smallest absolute Gasteiger partial charge is 0.336 e. The molecule has 5 heteroatoms. The molecule has 0 aliphatic heterocycles. The summed E-state index contributed by atoms with van der Waals surface area (Å²) in [5.74, 6) is 0.562. The van der Waals surface area contributed by atoms with E-state index in [-0.39, 0.29) is 12.0 Å². The standard InChI is InChI=1S/C6H12NO2S2/c1-7-5(3-4-11-2)6(8)9-10/h5,7H,3-4H2,1-2H3. The van der Waals surface area contributed by atoms with Crippen LogP contribution in [-0.4, -0.2) is 31.1 Å². The zero-order valence-corrected chi connectivity index (χ0v) is 8.26. The van der Waals surface area contributed by atoms with Crippen LogP contribution in [0.3, 0.4) is 0 Å². The van der Waals surface area contributed by atoms with Gasteiger partial charge in [-0.2, -0.15) is 11.8 Å². The third kappa shape index (κ3) is 4.55. The fraction of sp³-hybridized carbons (Fsp3) is 0.833. The fourth-order valence-electron chi connectivity index (χ4n) is 0.674. The minimum atomic E-state index is -0.364. The van der Waals surface area contributed by atoms with Crippen LogP contribution in [0.1, 0.15) is 6.42 Å². The Labute approximate surface area is 76.9 Å². The molecular formula is C6H12NO2S2. The highest BCUT2D eigenvalue weighted by molar-refractivity contribution is 7.98. The SMILES string of the molecule is CNC(CCSC)C(=O)O[S]. The Morgan fingerprint density at radius 3 is 2.82 bits per heavy atom. The molecule has 0 aromatic carbocycles. The van der Waals surface area contributed by atoms with E-state index in [0.29, 0.717) is 0 Å². The van der Waals surface area contributed by atoms with E-state index < -0.39 is 0 Å². The molecule has 0 saturated heterocycles. The van der Waals surface area contributed by atoms with Crippen molar-refractivity contribution < 1.29 is 8.98 Å². The van der Waals surface area contributed by atoms with Crippen LogP contribution >= 0.6 is 24.7 Å². The van der Waals surface area contributed by atoms with Crippen LogP contribution in [0.4, 0.5) is 0 Å². The van der Waals surface area contributed by atoms with Crippen LogP contribution < -0.4 is 5.32 Å². The number of hydrogen-bond acceptors (Lipinski definition) is 4. The lowest BCUT2D eigenvalue weighted by molar-refractivity contribution is -0.135. The lowest BCUT2D eigenvalue weighted by atomic mass is 10.2. The zero-order chi connectivity index (χ0) is 8.69. The maximum atomic E-state index is 10.9. The van der Waals surface area contributed by atoms with Gasteiger partial charge in [0, 0.05) is 0 Å². The topological polar surface area (TPSA) is 38.3 Å². The molecule has 11 heavy (non-hydrogen) atoms. The molecule has 0 aromatic rings. The van der Waals surface area contributed by atoms with Crippen molar-refractivity contribution in [3.05, 3.63) is 0 Å². The summed E-state index contributed by atoms with van der Waals surface area (Å²) in [6.07, 6.45) is 2.75. The van der Waals surface area contributed by atoms with Gasteiger partial charge in [0.2, 0.25) is 0 Å². The Morgan fingerprint density at radius 1 is 1.82 bits per heavy atom. The van der Waals surface area contributed by atoms with E-state index in [0.717, 1.165) is 12.2 Å². The monoisotopic (exact) mass is 194 g/mol. The van der Waals surface area contributed by atoms with Crippen molar-refractivity contribution in [2.75, 3.05) is 19.1 Å². The van der Waals surface area contributed by atoms with E-state index in [4.69, 9.17) is 0 Å². The Hall–Kier alpha value is 0.130. The summed E-state index contributed by atoms with van der Waals surface area (Å²) in [7, 11) is 1.72. The zero-order valence-electron chi connectivity index (χ0n) is 6.62. The fourth-order valence-corrected chi connectivity index (χ4v) is 1.26. The molecule has 0 amide bonds. The van der Waals surface area contributed by atoms with Crippen LogP contribution in [0, 0.1) is 0 Å². The first kappa shape index (κ1) is 11.1. The summed E-state index contributed by atoms with van der Waals surface area (Å²) < 4.78 is 4.17. The molecule has 0 aliphatic carbocycles. The molecule has 0 bridgehead atoms. The molecular weight excluding hydrogens is 182 g/mol. The molecule has 1 N–H and O–H groups in total. The molecule has 1 unspecified atom stereocenters. The number of carbonyl (C=O) groups excluding carboxylic acids is 1. The molecule has 0 heterocycles. The molecule has 1 radical (unpaired) electrons. The second kappa shape index (κ2) is 6.82. The molecule has 0 spiro atoms. The largest absolute Gasteiger partial charge is 0.375 e. The van der Waals surface area contributed by atoms with Gasteiger partial charge in [0.1, 0.15) is 6.04 Å². The van der Waals surface area contributed by atoms with E-state index in [2.05, 4.69) is 22.4 Å². The minimum absolute atomic E-state index is 0.250. The molecule has 1 atom stereocenters. The first-order valence-electron chi connectivity index (χ1n) is 3.26. The summed E-state index contributed by atoms with van der Waals surface area (Å²) in [5.41, 5.74) is 0. The van der Waals surface area contributed by atoms with Crippen LogP contribution in [0.5, 0.6) is 0 Å². The second-order valence-electron chi connectivity index (χ2n) is 2.03. The Bertz CT molecular complexity index is 121. The van der Waals surface area contributed by atoms with E-state index in [1.54, 1.807) is 18.8 Å². The van der Waals surface area contributed by atoms with E-state index >= 15 is 0 Å². The molecule has 0 fully saturated rings. The van der Waals surface area contributed by atoms with E-state index in [1.165, 1.54) is 0 Å². The minimum Gasteiger partial charge on any atom is -0.375 e. The number of rotatable bonds is 5. The summed E-state index contributed by atoms with van der Waals surface area (Å²) in [6.45, 7) is 0. The first-order chi connectivity index (χ1) is 5.26. The Morgan fingerprint density at radius 2 is 2.45 bits per heavy atom. The van der Waals surface area contributed by atoms with Gasteiger partial charge in [0.05, 0.1) is 0 Å². The highest BCUT2D eigenvalue weighted by atomic mass is 32.2. The number of carbonyl (C=O) groups is 1. The van der Waals surface area contributed by atoms with Crippen molar-refractivity contribution in [1.29, 1.82) is 0 Å². The van der Waals surface area contributed by atoms with Crippen molar-refractivity contribution >= 4 is 30.6 Å². The first-order valence-corrected chi connectivity index (χ1v) is 4.98. The summed E-state index contributed by atoms with van der Waals surface area (Å²) in [4.78, 5) is 10.9. The van der Waals surface area contributed by atoms with Gasteiger partial charge in [-0.1, -0.05) is 0 Å². The third-order valence-electron chi connectivity index (χ3n) is 1.33. The van der Waals surface area contributed by atoms with Crippen LogP contribution in [-0.2, 0) is 8.98 Å². The molecule has 0 rings (SSSR count). The number of hydrogen-bond donors (Lipinski definition) is 1. The van der Waals surface area contributed by atoms with E-state index in [1.807, 2.05) is 6.26 Å². The van der Waals surface area contributed by atoms with Gasteiger partial charge in [-0.25, -0.2) is 4.79 Å². The predicted molar refractivity (Wildman–Crippen MR) is 49.5 cm³/mol. The Balaban J connectivity index is 3.65. The van der Waals surface area contributed by atoms with Gasteiger partial charge >= 0.3 is 5.97 Å². The van der Waals surface area contributed by atoms with Crippen LogP contribution in [0.15, 0.2) is 0 Å². The predicted octanol–water partition coefficient (Wildman–Crippen LogP) is 0.983. The average molecular weight is 194 g/mol. The van der Waals surface area contributed by atoms with Crippen molar-refractivity contribution in [2.24, 2.45) is 0 Å². The second-order valence-corrected chi connectivity index (χ2v) is 3.18.